The molecule has 106 valence electrons. The number of carbonyl (C=O) groups is 2. The third-order valence-electron chi connectivity index (χ3n) is 3.01. The van der Waals surface area contributed by atoms with Crippen molar-refractivity contribution in [1.82, 2.24) is 5.32 Å². The summed E-state index contributed by atoms with van der Waals surface area (Å²) in [6.07, 6.45) is 0. The zero-order chi connectivity index (χ0) is 14.8. The molecule has 2 amide bonds. The second kappa shape index (κ2) is 5.41. The summed E-state index contributed by atoms with van der Waals surface area (Å²) in [5, 5.41) is 8.35. The van der Waals surface area contributed by atoms with Gasteiger partial charge in [-0.3, -0.25) is 9.59 Å². The number of rotatable bonds is 3. The van der Waals surface area contributed by atoms with E-state index in [1.807, 2.05) is 18.2 Å². The lowest BCUT2D eigenvalue weighted by Gasteiger charge is -2.03. The summed E-state index contributed by atoms with van der Waals surface area (Å²) in [4.78, 5) is 23.9. The van der Waals surface area contributed by atoms with Crippen LogP contribution in [0.1, 0.15) is 20.9 Å². The van der Waals surface area contributed by atoms with Crippen LogP contribution in [0.15, 0.2) is 46.2 Å². The predicted molar refractivity (Wildman–Crippen MR) is 81.9 cm³/mol. The zero-order valence-electron chi connectivity index (χ0n) is 11.2. The van der Waals surface area contributed by atoms with Crippen molar-refractivity contribution in [2.45, 2.75) is 0 Å². The molecule has 0 spiro atoms. The van der Waals surface area contributed by atoms with E-state index in [4.69, 9.17) is 4.42 Å². The molecule has 0 aliphatic heterocycles. The largest absolute Gasteiger partial charge is 0.451 e. The molecule has 0 saturated carbocycles. The maximum Gasteiger partial charge on any atom is 0.292 e. The van der Waals surface area contributed by atoms with Crippen molar-refractivity contribution in [3.63, 3.8) is 0 Å². The molecule has 5 nitrogen and oxygen atoms in total. The van der Waals surface area contributed by atoms with Gasteiger partial charge in [0.05, 0.1) is 5.56 Å². The summed E-state index contributed by atoms with van der Waals surface area (Å²) in [7, 11) is 1.55. The third-order valence-corrected chi connectivity index (χ3v) is 3.84. The number of para-hydroxylation sites is 1. The monoisotopic (exact) mass is 300 g/mol. The fraction of sp³-hybridized carbons (Fsp3) is 0.0667. The van der Waals surface area contributed by atoms with Crippen molar-refractivity contribution < 1.29 is 14.0 Å². The van der Waals surface area contributed by atoms with Gasteiger partial charge in [-0.2, -0.15) is 0 Å². The van der Waals surface area contributed by atoms with Gasteiger partial charge in [-0.15, -0.1) is 11.3 Å². The summed E-state index contributed by atoms with van der Waals surface area (Å²) in [6.45, 7) is 0. The van der Waals surface area contributed by atoms with Crippen molar-refractivity contribution in [3.05, 3.63) is 53.1 Å². The minimum absolute atomic E-state index is 0.215. The molecule has 0 aliphatic carbocycles. The van der Waals surface area contributed by atoms with Gasteiger partial charge >= 0.3 is 0 Å². The zero-order valence-corrected chi connectivity index (χ0v) is 12.0. The Morgan fingerprint density at radius 1 is 1.14 bits per heavy atom. The molecule has 2 N–H and O–H groups in total. The average molecular weight is 300 g/mol. The van der Waals surface area contributed by atoms with Gasteiger partial charge in [0.15, 0.2) is 5.76 Å². The first-order valence-electron chi connectivity index (χ1n) is 6.28. The highest BCUT2D eigenvalue weighted by Gasteiger charge is 2.17. The molecule has 0 radical (unpaired) electrons. The van der Waals surface area contributed by atoms with E-state index in [0.717, 1.165) is 5.39 Å². The van der Waals surface area contributed by atoms with E-state index in [0.29, 0.717) is 16.1 Å². The molecule has 2 heterocycles. The Morgan fingerprint density at radius 2 is 1.95 bits per heavy atom. The van der Waals surface area contributed by atoms with E-state index < -0.39 is 0 Å². The van der Waals surface area contributed by atoms with Gasteiger partial charge in [-0.05, 0) is 23.6 Å². The van der Waals surface area contributed by atoms with E-state index in [1.165, 1.54) is 11.3 Å². The Balaban J connectivity index is 1.86. The second-order valence-electron chi connectivity index (χ2n) is 4.35. The number of furan rings is 1. The molecule has 0 aliphatic rings. The minimum Gasteiger partial charge on any atom is -0.451 e. The lowest BCUT2D eigenvalue weighted by Crippen LogP contribution is -2.20. The van der Waals surface area contributed by atoms with Gasteiger partial charge in [0.25, 0.3) is 11.8 Å². The molecule has 0 atom stereocenters. The van der Waals surface area contributed by atoms with E-state index in [1.54, 1.807) is 30.6 Å². The highest BCUT2D eigenvalue weighted by molar-refractivity contribution is 7.14. The van der Waals surface area contributed by atoms with Crippen molar-refractivity contribution in [1.29, 1.82) is 0 Å². The number of hydrogen-bond donors (Lipinski definition) is 2. The molecule has 0 unspecified atom stereocenters. The van der Waals surface area contributed by atoms with Gasteiger partial charge < -0.3 is 15.1 Å². The molecule has 2 aromatic heterocycles. The first kappa shape index (κ1) is 13.4. The highest BCUT2D eigenvalue weighted by Crippen LogP contribution is 2.25. The number of amides is 2. The minimum atomic E-state index is -0.376. The molecule has 0 bridgehead atoms. The van der Waals surface area contributed by atoms with Gasteiger partial charge in [0, 0.05) is 12.4 Å². The van der Waals surface area contributed by atoms with Crippen LogP contribution in [0.2, 0.25) is 0 Å². The smallest absolute Gasteiger partial charge is 0.292 e. The van der Waals surface area contributed by atoms with Crippen LogP contribution in [0.3, 0.4) is 0 Å². The van der Waals surface area contributed by atoms with Gasteiger partial charge in [0.2, 0.25) is 0 Å². The van der Waals surface area contributed by atoms with Crippen LogP contribution in [0, 0.1) is 0 Å². The summed E-state index contributed by atoms with van der Waals surface area (Å²) in [5.41, 5.74) is 1.09. The second-order valence-corrected chi connectivity index (χ2v) is 5.26. The summed E-state index contributed by atoms with van der Waals surface area (Å²) in [5.74, 6) is -0.401. The molecule has 6 heteroatoms. The Hall–Kier alpha value is -2.60. The maximum absolute atomic E-state index is 12.2. The average Bonchev–Trinajstić information content (AvgIpc) is 3.12. The normalized spacial score (nSPS) is 10.5. The molecular formula is C15H12N2O3S. The lowest BCUT2D eigenvalue weighted by atomic mass is 10.2. The van der Waals surface area contributed by atoms with Crippen molar-refractivity contribution in [2.24, 2.45) is 0 Å². The Bertz CT molecular complexity index is 786. The van der Waals surface area contributed by atoms with Crippen LogP contribution >= 0.6 is 11.3 Å². The molecule has 3 rings (SSSR count). The van der Waals surface area contributed by atoms with Crippen LogP contribution in [-0.4, -0.2) is 18.9 Å². The first-order valence-corrected chi connectivity index (χ1v) is 7.16. The van der Waals surface area contributed by atoms with Gasteiger partial charge in [0.1, 0.15) is 10.6 Å². The third kappa shape index (κ3) is 2.53. The van der Waals surface area contributed by atoms with E-state index in [2.05, 4.69) is 10.6 Å². The van der Waals surface area contributed by atoms with Gasteiger partial charge in [-0.25, -0.2) is 0 Å². The van der Waals surface area contributed by atoms with Gasteiger partial charge in [-0.1, -0.05) is 18.2 Å². The summed E-state index contributed by atoms with van der Waals surface area (Å²) < 4.78 is 5.50. The molecule has 1 aromatic carbocycles. The maximum atomic E-state index is 12.2. The lowest BCUT2D eigenvalue weighted by molar-refractivity contribution is 0.0964. The first-order chi connectivity index (χ1) is 10.2. The van der Waals surface area contributed by atoms with E-state index in [9.17, 15) is 9.59 Å². The molecule has 0 fully saturated rings. The van der Waals surface area contributed by atoms with Crippen LogP contribution in [0.5, 0.6) is 0 Å². The van der Waals surface area contributed by atoms with Crippen molar-refractivity contribution in [3.8, 4) is 0 Å². The fourth-order valence-electron chi connectivity index (χ4n) is 1.98. The Morgan fingerprint density at radius 3 is 2.71 bits per heavy atom. The van der Waals surface area contributed by atoms with Crippen molar-refractivity contribution >= 4 is 39.1 Å². The number of hydrogen-bond acceptors (Lipinski definition) is 4. The number of carbonyl (C=O) groups excluding carboxylic acids is 2. The molecule has 3 aromatic rings. The predicted octanol–water partition coefficient (Wildman–Crippen LogP) is 3.11. The number of benzene rings is 1. The summed E-state index contributed by atoms with van der Waals surface area (Å²) in [6, 6.07) is 10.7. The van der Waals surface area contributed by atoms with E-state index in [-0.39, 0.29) is 17.6 Å². The number of nitrogens with one attached hydrogen (secondary N) is 2. The number of fused-ring (bicyclic) bond motifs is 1. The van der Waals surface area contributed by atoms with Crippen molar-refractivity contribution in [2.75, 3.05) is 12.4 Å². The topological polar surface area (TPSA) is 71.3 Å². The highest BCUT2D eigenvalue weighted by atomic mass is 32.1. The van der Waals surface area contributed by atoms with E-state index >= 15 is 0 Å². The Kier molecular flexibility index (Phi) is 3.45. The number of thiophene rings is 1. The SMILES string of the molecule is CNC(=O)c1ccsc1NC(=O)c1cc2ccccc2o1. The number of anilines is 1. The Labute approximate surface area is 124 Å². The quantitative estimate of drug-likeness (QED) is 0.780. The molecular weight excluding hydrogens is 288 g/mol. The fourth-order valence-corrected chi connectivity index (χ4v) is 2.76. The molecule has 21 heavy (non-hydrogen) atoms. The summed E-state index contributed by atoms with van der Waals surface area (Å²) >= 11 is 1.29. The van der Waals surface area contributed by atoms with Crippen LogP contribution in [-0.2, 0) is 0 Å². The van der Waals surface area contributed by atoms with Crippen LogP contribution in [0.25, 0.3) is 11.0 Å². The van der Waals surface area contributed by atoms with Crippen LogP contribution in [0.4, 0.5) is 5.00 Å². The van der Waals surface area contributed by atoms with Crippen LogP contribution < -0.4 is 10.6 Å². The molecule has 0 saturated heterocycles. The standard InChI is InChI=1S/C15H12N2O3S/c1-16-13(18)10-6-7-21-15(10)17-14(19)12-8-9-4-2-3-5-11(9)20-12/h2-8H,1H3,(H,16,18)(H,17,19).